The van der Waals surface area contributed by atoms with Crippen molar-refractivity contribution in [1.29, 1.82) is 0 Å². The van der Waals surface area contributed by atoms with Crippen molar-refractivity contribution >= 4 is 0 Å². The molecule has 1 aliphatic rings. The lowest BCUT2D eigenvalue weighted by Crippen LogP contribution is -2.47. The van der Waals surface area contributed by atoms with E-state index in [2.05, 4.69) is 37.5 Å². The Balaban J connectivity index is 2.09. The van der Waals surface area contributed by atoms with Crippen LogP contribution in [0.4, 0.5) is 0 Å². The van der Waals surface area contributed by atoms with Gasteiger partial charge in [-0.25, -0.2) is 0 Å². The van der Waals surface area contributed by atoms with Crippen LogP contribution in [0.3, 0.4) is 0 Å². The molecular weight excluding hydrogens is 208 g/mol. The van der Waals surface area contributed by atoms with Gasteiger partial charge in [0.2, 0.25) is 0 Å². The van der Waals surface area contributed by atoms with E-state index in [0.717, 1.165) is 0 Å². The van der Waals surface area contributed by atoms with Crippen molar-refractivity contribution < 1.29 is 0 Å². The third kappa shape index (κ3) is 7.05. The second-order valence-electron chi connectivity index (χ2n) is 6.70. The fourth-order valence-corrected chi connectivity index (χ4v) is 2.32. The molecule has 0 N–H and O–H groups in total. The lowest BCUT2D eigenvalue weighted by atomic mass is 9.92. The number of unbranched alkanes of at least 4 members (excludes halogenated alkanes) is 2. The molecule has 1 rings (SSSR count). The quantitative estimate of drug-likeness (QED) is 0.658. The number of rotatable bonds is 6. The number of nitrogens with zero attached hydrogens (tertiary/aromatic N) is 2. The minimum absolute atomic E-state index is 0.484. The van der Waals surface area contributed by atoms with Crippen LogP contribution in [-0.2, 0) is 0 Å². The summed E-state index contributed by atoms with van der Waals surface area (Å²) in [5.41, 5.74) is 0.484. The van der Waals surface area contributed by atoms with Gasteiger partial charge in [-0.05, 0) is 31.3 Å². The molecule has 102 valence electrons. The first-order valence-electron chi connectivity index (χ1n) is 7.46. The van der Waals surface area contributed by atoms with Crippen LogP contribution in [0.5, 0.6) is 0 Å². The number of hydrogen-bond acceptors (Lipinski definition) is 2. The highest BCUT2D eigenvalue weighted by Gasteiger charge is 2.18. The number of piperazine rings is 1. The zero-order valence-electron chi connectivity index (χ0n) is 12.5. The normalized spacial score (nSPS) is 19.8. The second kappa shape index (κ2) is 7.38. The monoisotopic (exact) mass is 240 g/mol. The predicted molar refractivity (Wildman–Crippen MR) is 76.5 cm³/mol. The van der Waals surface area contributed by atoms with Gasteiger partial charge in [-0.2, -0.15) is 0 Å². The van der Waals surface area contributed by atoms with E-state index in [1.165, 1.54) is 65.0 Å². The van der Waals surface area contributed by atoms with Gasteiger partial charge in [0.25, 0.3) is 0 Å². The summed E-state index contributed by atoms with van der Waals surface area (Å²) in [6, 6.07) is 0. The molecule has 0 saturated carbocycles. The van der Waals surface area contributed by atoms with E-state index >= 15 is 0 Å². The minimum Gasteiger partial charge on any atom is -0.301 e. The van der Waals surface area contributed by atoms with Gasteiger partial charge in [0.1, 0.15) is 0 Å². The molecule has 0 aromatic heterocycles. The first-order chi connectivity index (χ1) is 8.01. The van der Waals surface area contributed by atoms with E-state index in [1.807, 2.05) is 0 Å². The first kappa shape index (κ1) is 15.0. The Morgan fingerprint density at radius 3 is 1.82 bits per heavy atom. The summed E-state index contributed by atoms with van der Waals surface area (Å²) in [6.45, 7) is 17.0. The molecule has 0 spiro atoms. The van der Waals surface area contributed by atoms with Gasteiger partial charge in [0, 0.05) is 26.2 Å². The molecule has 17 heavy (non-hydrogen) atoms. The summed E-state index contributed by atoms with van der Waals surface area (Å²) in [4.78, 5) is 5.28. The maximum absolute atomic E-state index is 2.64. The zero-order valence-corrected chi connectivity index (χ0v) is 12.5. The minimum atomic E-state index is 0.484. The van der Waals surface area contributed by atoms with Crippen molar-refractivity contribution in [2.45, 2.75) is 53.4 Å². The van der Waals surface area contributed by atoms with E-state index in [-0.39, 0.29) is 0 Å². The van der Waals surface area contributed by atoms with Crippen LogP contribution in [0, 0.1) is 5.41 Å². The van der Waals surface area contributed by atoms with Crippen LogP contribution in [0.25, 0.3) is 0 Å². The molecule has 0 aromatic carbocycles. The molecule has 1 fully saturated rings. The highest BCUT2D eigenvalue weighted by molar-refractivity contribution is 4.73. The van der Waals surface area contributed by atoms with Crippen LogP contribution in [0.1, 0.15) is 53.4 Å². The summed E-state index contributed by atoms with van der Waals surface area (Å²) in [5, 5.41) is 0. The van der Waals surface area contributed by atoms with Gasteiger partial charge in [-0.1, -0.05) is 40.5 Å². The summed E-state index contributed by atoms with van der Waals surface area (Å²) in [7, 11) is 0. The van der Waals surface area contributed by atoms with E-state index < -0.39 is 0 Å². The molecule has 0 amide bonds. The number of hydrogen-bond donors (Lipinski definition) is 0. The molecule has 0 bridgehead atoms. The molecule has 0 aliphatic carbocycles. The lowest BCUT2D eigenvalue weighted by molar-refractivity contribution is 0.120. The van der Waals surface area contributed by atoms with Crippen molar-refractivity contribution in [1.82, 2.24) is 9.80 Å². The van der Waals surface area contributed by atoms with Crippen LogP contribution in [0.2, 0.25) is 0 Å². The van der Waals surface area contributed by atoms with Crippen molar-refractivity contribution in [3.8, 4) is 0 Å². The standard InChI is InChI=1S/C15H32N2/c1-5-6-7-9-16-11-13-17(14-12-16)10-8-15(2,3)4/h5-14H2,1-4H3. The molecule has 2 heteroatoms. The average molecular weight is 240 g/mol. The maximum atomic E-state index is 2.64. The Labute approximate surface area is 108 Å². The predicted octanol–water partition coefficient (Wildman–Crippen LogP) is 3.23. The fraction of sp³-hybridized carbons (Fsp3) is 1.00. The Morgan fingerprint density at radius 2 is 1.35 bits per heavy atom. The van der Waals surface area contributed by atoms with Crippen molar-refractivity contribution in [2.24, 2.45) is 5.41 Å². The molecule has 0 aromatic rings. The van der Waals surface area contributed by atoms with E-state index in [4.69, 9.17) is 0 Å². The molecule has 1 aliphatic heterocycles. The molecule has 0 radical (unpaired) electrons. The van der Waals surface area contributed by atoms with Crippen molar-refractivity contribution in [2.75, 3.05) is 39.3 Å². The van der Waals surface area contributed by atoms with E-state index in [9.17, 15) is 0 Å². The van der Waals surface area contributed by atoms with Gasteiger partial charge in [0.15, 0.2) is 0 Å². The summed E-state index contributed by atoms with van der Waals surface area (Å²) in [6.07, 6.45) is 5.44. The van der Waals surface area contributed by atoms with Crippen LogP contribution in [-0.4, -0.2) is 49.1 Å². The first-order valence-corrected chi connectivity index (χ1v) is 7.46. The molecule has 1 heterocycles. The van der Waals surface area contributed by atoms with Crippen molar-refractivity contribution in [3.05, 3.63) is 0 Å². The molecular formula is C15H32N2. The summed E-state index contributed by atoms with van der Waals surface area (Å²) < 4.78 is 0. The summed E-state index contributed by atoms with van der Waals surface area (Å²) >= 11 is 0. The SMILES string of the molecule is CCCCCN1CCN(CCC(C)(C)C)CC1. The lowest BCUT2D eigenvalue weighted by Gasteiger charge is -2.36. The van der Waals surface area contributed by atoms with Crippen LogP contribution in [0.15, 0.2) is 0 Å². The third-order valence-corrected chi connectivity index (χ3v) is 3.72. The Kier molecular flexibility index (Phi) is 6.50. The highest BCUT2D eigenvalue weighted by atomic mass is 15.3. The van der Waals surface area contributed by atoms with Gasteiger partial charge >= 0.3 is 0 Å². The van der Waals surface area contributed by atoms with Crippen LogP contribution < -0.4 is 0 Å². The maximum Gasteiger partial charge on any atom is 0.0110 e. The molecule has 0 unspecified atom stereocenters. The van der Waals surface area contributed by atoms with Gasteiger partial charge in [-0.3, -0.25) is 0 Å². The average Bonchev–Trinajstić information content (AvgIpc) is 2.27. The van der Waals surface area contributed by atoms with E-state index in [0.29, 0.717) is 5.41 Å². The molecule has 2 nitrogen and oxygen atoms in total. The zero-order chi connectivity index (χ0) is 12.7. The van der Waals surface area contributed by atoms with Gasteiger partial charge < -0.3 is 9.80 Å². The molecule has 1 saturated heterocycles. The molecule has 0 atom stereocenters. The highest BCUT2D eigenvalue weighted by Crippen LogP contribution is 2.19. The topological polar surface area (TPSA) is 6.48 Å². The van der Waals surface area contributed by atoms with Gasteiger partial charge in [0.05, 0.1) is 0 Å². The second-order valence-corrected chi connectivity index (χ2v) is 6.70. The Morgan fingerprint density at radius 1 is 0.824 bits per heavy atom. The van der Waals surface area contributed by atoms with Crippen molar-refractivity contribution in [3.63, 3.8) is 0 Å². The largest absolute Gasteiger partial charge is 0.301 e. The summed E-state index contributed by atoms with van der Waals surface area (Å²) in [5.74, 6) is 0. The third-order valence-electron chi connectivity index (χ3n) is 3.72. The Hall–Kier alpha value is -0.0800. The van der Waals surface area contributed by atoms with Gasteiger partial charge in [-0.15, -0.1) is 0 Å². The smallest absolute Gasteiger partial charge is 0.0110 e. The Bertz CT molecular complexity index is 188. The van der Waals surface area contributed by atoms with E-state index in [1.54, 1.807) is 0 Å². The fourth-order valence-electron chi connectivity index (χ4n) is 2.32. The van der Waals surface area contributed by atoms with Crippen LogP contribution >= 0.6 is 0 Å².